The van der Waals surface area contributed by atoms with Gasteiger partial charge in [-0.3, -0.25) is 0 Å². The molecule has 1 aliphatic carbocycles. The van der Waals surface area contributed by atoms with E-state index in [1.54, 1.807) is 0 Å². The molecule has 1 aromatic heterocycles. The van der Waals surface area contributed by atoms with E-state index in [0.717, 1.165) is 23.3 Å². The van der Waals surface area contributed by atoms with Gasteiger partial charge in [0.05, 0.1) is 5.56 Å². The van der Waals surface area contributed by atoms with Crippen LogP contribution < -0.4 is 5.73 Å². The minimum atomic E-state index is 0.135. The van der Waals surface area contributed by atoms with Gasteiger partial charge in [0.2, 0.25) is 0 Å². The van der Waals surface area contributed by atoms with Gasteiger partial charge in [-0.2, -0.15) is 0 Å². The highest BCUT2D eigenvalue weighted by Crippen LogP contribution is 2.48. The van der Waals surface area contributed by atoms with Gasteiger partial charge in [-0.05, 0) is 24.8 Å². The molecule has 3 nitrogen and oxygen atoms in total. The lowest BCUT2D eigenvalue weighted by Crippen LogP contribution is -2.20. The molecule has 0 spiro atoms. The van der Waals surface area contributed by atoms with E-state index in [4.69, 9.17) is 10.3 Å². The van der Waals surface area contributed by atoms with E-state index in [-0.39, 0.29) is 5.41 Å². The SMILES string of the molecule is CCC1(c2onc(N)c2-c2ccccc2)CCCC1. The van der Waals surface area contributed by atoms with Crippen molar-refractivity contribution in [1.29, 1.82) is 0 Å². The van der Waals surface area contributed by atoms with E-state index in [0.29, 0.717) is 5.82 Å². The van der Waals surface area contributed by atoms with Gasteiger partial charge in [0.25, 0.3) is 0 Å². The molecule has 1 aromatic carbocycles. The lowest BCUT2D eigenvalue weighted by molar-refractivity contribution is 0.284. The van der Waals surface area contributed by atoms with Gasteiger partial charge in [0, 0.05) is 5.41 Å². The Morgan fingerprint density at radius 1 is 1.21 bits per heavy atom. The topological polar surface area (TPSA) is 52.0 Å². The van der Waals surface area contributed by atoms with E-state index in [1.165, 1.54) is 25.7 Å². The number of anilines is 1. The first-order valence-electron chi connectivity index (χ1n) is 7.08. The third-order valence-corrected chi connectivity index (χ3v) is 4.50. The summed E-state index contributed by atoms with van der Waals surface area (Å²) in [5.74, 6) is 1.51. The molecule has 1 saturated carbocycles. The van der Waals surface area contributed by atoms with Crippen molar-refractivity contribution in [3.8, 4) is 11.1 Å². The van der Waals surface area contributed by atoms with Crippen LogP contribution in [0.4, 0.5) is 5.82 Å². The summed E-state index contributed by atoms with van der Waals surface area (Å²) in [6.07, 6.45) is 5.97. The number of nitrogen functional groups attached to an aromatic ring is 1. The molecule has 1 heterocycles. The number of hydrogen-bond donors (Lipinski definition) is 1. The van der Waals surface area contributed by atoms with Crippen molar-refractivity contribution in [3.63, 3.8) is 0 Å². The predicted octanol–water partition coefficient (Wildman–Crippen LogP) is 4.15. The highest BCUT2D eigenvalue weighted by molar-refractivity contribution is 5.76. The molecule has 2 N–H and O–H groups in total. The molecule has 3 rings (SSSR count). The fraction of sp³-hybridized carbons (Fsp3) is 0.438. The van der Waals surface area contributed by atoms with Gasteiger partial charge in [0.1, 0.15) is 0 Å². The van der Waals surface area contributed by atoms with Gasteiger partial charge in [-0.1, -0.05) is 55.3 Å². The number of nitrogens with zero attached hydrogens (tertiary/aromatic N) is 1. The van der Waals surface area contributed by atoms with Crippen LogP contribution in [-0.4, -0.2) is 5.16 Å². The minimum absolute atomic E-state index is 0.135. The Morgan fingerprint density at radius 2 is 1.89 bits per heavy atom. The molecular formula is C16H20N2O. The van der Waals surface area contributed by atoms with E-state index >= 15 is 0 Å². The van der Waals surface area contributed by atoms with Crippen LogP contribution >= 0.6 is 0 Å². The number of nitrogens with two attached hydrogens (primary N) is 1. The number of benzene rings is 1. The second kappa shape index (κ2) is 4.72. The Morgan fingerprint density at radius 3 is 2.53 bits per heavy atom. The lowest BCUT2D eigenvalue weighted by atomic mass is 9.78. The first kappa shape index (κ1) is 12.3. The third kappa shape index (κ3) is 1.93. The molecule has 1 fully saturated rings. The molecule has 100 valence electrons. The summed E-state index contributed by atoms with van der Waals surface area (Å²) in [7, 11) is 0. The number of aromatic nitrogens is 1. The van der Waals surface area contributed by atoms with Gasteiger partial charge in [0.15, 0.2) is 11.6 Å². The van der Waals surface area contributed by atoms with Crippen molar-refractivity contribution in [1.82, 2.24) is 5.16 Å². The van der Waals surface area contributed by atoms with E-state index in [9.17, 15) is 0 Å². The largest absolute Gasteiger partial charge is 0.380 e. The molecule has 0 unspecified atom stereocenters. The molecule has 0 radical (unpaired) electrons. The Labute approximate surface area is 113 Å². The monoisotopic (exact) mass is 256 g/mol. The maximum Gasteiger partial charge on any atom is 0.175 e. The normalized spacial score (nSPS) is 17.7. The standard InChI is InChI=1S/C16H20N2O/c1-2-16(10-6-7-11-16)14-13(15(17)18-19-14)12-8-4-3-5-9-12/h3-5,8-9H,2,6-7,10-11H2,1H3,(H2,17,18). The summed E-state index contributed by atoms with van der Waals surface area (Å²) in [5.41, 5.74) is 8.30. The second-order valence-corrected chi connectivity index (χ2v) is 5.48. The van der Waals surface area contributed by atoms with E-state index in [2.05, 4.69) is 24.2 Å². The predicted molar refractivity (Wildman–Crippen MR) is 76.8 cm³/mol. The quantitative estimate of drug-likeness (QED) is 0.897. The zero-order valence-electron chi connectivity index (χ0n) is 11.4. The van der Waals surface area contributed by atoms with Crippen LogP contribution in [0.5, 0.6) is 0 Å². The second-order valence-electron chi connectivity index (χ2n) is 5.48. The first-order valence-corrected chi connectivity index (χ1v) is 7.08. The van der Waals surface area contributed by atoms with Crippen molar-refractivity contribution in [2.45, 2.75) is 44.4 Å². The van der Waals surface area contributed by atoms with Crippen LogP contribution in [0.1, 0.15) is 44.8 Å². The lowest BCUT2D eigenvalue weighted by Gasteiger charge is -2.25. The summed E-state index contributed by atoms with van der Waals surface area (Å²) in [4.78, 5) is 0. The molecule has 0 saturated heterocycles. The van der Waals surface area contributed by atoms with E-state index < -0.39 is 0 Å². The van der Waals surface area contributed by atoms with Crippen molar-refractivity contribution in [3.05, 3.63) is 36.1 Å². The van der Waals surface area contributed by atoms with Crippen molar-refractivity contribution in [2.24, 2.45) is 0 Å². The maximum atomic E-state index is 6.05. The van der Waals surface area contributed by atoms with Gasteiger partial charge in [-0.15, -0.1) is 0 Å². The van der Waals surface area contributed by atoms with Crippen LogP contribution in [0, 0.1) is 0 Å². The molecule has 1 aliphatic rings. The number of rotatable bonds is 3. The first-order chi connectivity index (χ1) is 9.27. The van der Waals surface area contributed by atoms with Crippen molar-refractivity contribution < 1.29 is 4.52 Å². The molecular weight excluding hydrogens is 236 g/mol. The van der Waals surface area contributed by atoms with Crippen LogP contribution in [0.2, 0.25) is 0 Å². The van der Waals surface area contributed by atoms with E-state index in [1.807, 2.05) is 18.2 Å². The summed E-state index contributed by atoms with van der Waals surface area (Å²) < 4.78 is 5.65. The Kier molecular flexibility index (Phi) is 3.05. The Balaban J connectivity index is 2.13. The van der Waals surface area contributed by atoms with Gasteiger partial charge >= 0.3 is 0 Å². The fourth-order valence-electron chi connectivity index (χ4n) is 3.34. The molecule has 0 atom stereocenters. The van der Waals surface area contributed by atoms with Gasteiger partial charge in [-0.25, -0.2) is 0 Å². The molecule has 0 bridgehead atoms. The average molecular weight is 256 g/mol. The minimum Gasteiger partial charge on any atom is -0.380 e. The summed E-state index contributed by atoms with van der Waals surface area (Å²) >= 11 is 0. The highest BCUT2D eigenvalue weighted by atomic mass is 16.5. The van der Waals surface area contributed by atoms with Crippen LogP contribution in [0.3, 0.4) is 0 Å². The Hall–Kier alpha value is -1.77. The summed E-state index contributed by atoms with van der Waals surface area (Å²) in [6.45, 7) is 2.23. The van der Waals surface area contributed by atoms with Crippen LogP contribution in [-0.2, 0) is 5.41 Å². The summed E-state index contributed by atoms with van der Waals surface area (Å²) in [5, 5.41) is 4.03. The summed E-state index contributed by atoms with van der Waals surface area (Å²) in [6, 6.07) is 10.2. The molecule has 0 aliphatic heterocycles. The molecule has 19 heavy (non-hydrogen) atoms. The maximum absolute atomic E-state index is 6.05. The van der Waals surface area contributed by atoms with Crippen molar-refractivity contribution in [2.75, 3.05) is 5.73 Å². The molecule has 3 heteroatoms. The smallest absolute Gasteiger partial charge is 0.175 e. The van der Waals surface area contributed by atoms with Crippen LogP contribution in [0.15, 0.2) is 34.9 Å². The third-order valence-electron chi connectivity index (χ3n) is 4.50. The van der Waals surface area contributed by atoms with Gasteiger partial charge < -0.3 is 10.3 Å². The number of hydrogen-bond acceptors (Lipinski definition) is 3. The van der Waals surface area contributed by atoms with Crippen molar-refractivity contribution >= 4 is 5.82 Å². The Bertz CT molecular complexity index is 553. The molecule has 2 aromatic rings. The highest BCUT2D eigenvalue weighted by Gasteiger charge is 2.40. The zero-order chi connectivity index (χ0) is 13.3. The fourth-order valence-corrected chi connectivity index (χ4v) is 3.34. The zero-order valence-corrected chi connectivity index (χ0v) is 11.4. The molecule has 0 amide bonds. The van der Waals surface area contributed by atoms with Crippen LogP contribution in [0.25, 0.3) is 11.1 Å². The average Bonchev–Trinajstić information content (AvgIpc) is 3.07.